The number of hydrogen-bond donors (Lipinski definition) is 2. The summed E-state index contributed by atoms with van der Waals surface area (Å²) in [6.07, 6.45) is 2.18. The molecule has 1 fully saturated rings. The van der Waals surface area contributed by atoms with E-state index in [0.29, 0.717) is 0 Å². The van der Waals surface area contributed by atoms with Gasteiger partial charge in [0.2, 0.25) is 5.91 Å². The number of nitrogens with one attached hydrogen (secondary N) is 2. The largest absolute Gasteiger partial charge is 0.497 e. The lowest BCUT2D eigenvalue weighted by Gasteiger charge is -2.25. The van der Waals surface area contributed by atoms with E-state index in [0.717, 1.165) is 48.0 Å². The summed E-state index contributed by atoms with van der Waals surface area (Å²) >= 11 is 0. The molecule has 1 unspecified atom stereocenters. The molecule has 1 amide bonds. The molecule has 0 aliphatic carbocycles. The van der Waals surface area contributed by atoms with Crippen molar-refractivity contribution in [2.75, 3.05) is 20.2 Å². The van der Waals surface area contributed by atoms with Gasteiger partial charge in [-0.25, -0.2) is 0 Å². The quantitative estimate of drug-likeness (QED) is 0.913. The van der Waals surface area contributed by atoms with E-state index in [2.05, 4.69) is 22.8 Å². The standard InChI is InChI=1S/C19H24N2O2/c1-13(19(22)21-17-4-3-9-20-12-17)14-5-6-16-11-18(23-2)8-7-15(16)10-14/h5-8,10-11,13,17,20H,3-4,9,12H2,1-2H3,(H,21,22)/t13?,17-/m0/s1. The van der Waals surface area contributed by atoms with Gasteiger partial charge in [-0.2, -0.15) is 0 Å². The van der Waals surface area contributed by atoms with Gasteiger partial charge >= 0.3 is 0 Å². The zero-order valence-electron chi connectivity index (χ0n) is 13.8. The van der Waals surface area contributed by atoms with Gasteiger partial charge in [-0.15, -0.1) is 0 Å². The lowest BCUT2D eigenvalue weighted by atomic mass is 9.96. The number of piperidine rings is 1. The highest BCUT2D eigenvalue weighted by molar-refractivity contribution is 5.88. The molecule has 2 aromatic rings. The van der Waals surface area contributed by atoms with E-state index in [9.17, 15) is 4.79 Å². The van der Waals surface area contributed by atoms with Gasteiger partial charge in [0.25, 0.3) is 0 Å². The topological polar surface area (TPSA) is 50.4 Å². The predicted molar refractivity (Wildman–Crippen MR) is 92.9 cm³/mol. The number of amides is 1. The van der Waals surface area contributed by atoms with Crippen molar-refractivity contribution in [1.29, 1.82) is 0 Å². The fraction of sp³-hybridized carbons (Fsp3) is 0.421. The zero-order valence-corrected chi connectivity index (χ0v) is 13.8. The molecule has 0 bridgehead atoms. The fourth-order valence-electron chi connectivity index (χ4n) is 3.09. The van der Waals surface area contributed by atoms with Crippen LogP contribution in [0.4, 0.5) is 0 Å². The molecule has 0 aromatic heterocycles. The van der Waals surface area contributed by atoms with Crippen molar-refractivity contribution in [1.82, 2.24) is 10.6 Å². The van der Waals surface area contributed by atoms with E-state index in [1.807, 2.05) is 31.2 Å². The molecule has 2 atom stereocenters. The van der Waals surface area contributed by atoms with Gasteiger partial charge in [0.15, 0.2) is 0 Å². The van der Waals surface area contributed by atoms with Crippen molar-refractivity contribution < 1.29 is 9.53 Å². The molecule has 4 heteroatoms. The number of carbonyl (C=O) groups is 1. The first-order chi connectivity index (χ1) is 11.2. The number of carbonyl (C=O) groups excluding carboxylic acids is 1. The summed E-state index contributed by atoms with van der Waals surface area (Å²) in [5.74, 6) is 0.802. The summed E-state index contributed by atoms with van der Waals surface area (Å²) < 4.78 is 5.25. The summed E-state index contributed by atoms with van der Waals surface area (Å²) in [5, 5.41) is 8.74. The van der Waals surface area contributed by atoms with Crippen molar-refractivity contribution in [3.8, 4) is 5.75 Å². The molecule has 2 N–H and O–H groups in total. The van der Waals surface area contributed by atoms with Crippen molar-refractivity contribution in [2.24, 2.45) is 0 Å². The molecule has 122 valence electrons. The second-order valence-electron chi connectivity index (χ2n) is 6.25. The first-order valence-corrected chi connectivity index (χ1v) is 8.26. The first kappa shape index (κ1) is 15.8. The number of methoxy groups -OCH3 is 1. The van der Waals surface area contributed by atoms with Gasteiger partial charge in [-0.3, -0.25) is 4.79 Å². The molecule has 1 heterocycles. The SMILES string of the molecule is COc1ccc2cc(C(C)C(=O)N[C@H]3CCCNC3)ccc2c1. The van der Waals surface area contributed by atoms with Crippen LogP contribution in [0, 0.1) is 0 Å². The van der Waals surface area contributed by atoms with E-state index in [4.69, 9.17) is 4.74 Å². The van der Waals surface area contributed by atoms with E-state index < -0.39 is 0 Å². The maximum atomic E-state index is 12.5. The number of ether oxygens (including phenoxy) is 1. The molecule has 23 heavy (non-hydrogen) atoms. The highest BCUT2D eigenvalue weighted by atomic mass is 16.5. The third-order valence-corrected chi connectivity index (χ3v) is 4.61. The summed E-state index contributed by atoms with van der Waals surface area (Å²) in [5.41, 5.74) is 1.05. The van der Waals surface area contributed by atoms with Crippen molar-refractivity contribution in [3.63, 3.8) is 0 Å². The summed E-state index contributed by atoms with van der Waals surface area (Å²) in [4.78, 5) is 12.5. The van der Waals surface area contributed by atoms with Gasteiger partial charge in [0.05, 0.1) is 13.0 Å². The van der Waals surface area contributed by atoms with Crippen LogP contribution in [0.2, 0.25) is 0 Å². The second-order valence-corrected chi connectivity index (χ2v) is 6.25. The lowest BCUT2D eigenvalue weighted by Crippen LogP contribution is -2.46. The third-order valence-electron chi connectivity index (χ3n) is 4.61. The van der Waals surface area contributed by atoms with Crippen LogP contribution in [0.1, 0.15) is 31.2 Å². The Bertz CT molecular complexity index is 693. The van der Waals surface area contributed by atoms with Gasteiger partial charge < -0.3 is 15.4 Å². The Morgan fingerprint density at radius 3 is 2.78 bits per heavy atom. The molecular formula is C19H24N2O2. The molecule has 1 saturated heterocycles. The van der Waals surface area contributed by atoms with Crippen molar-refractivity contribution in [3.05, 3.63) is 42.0 Å². The molecular weight excluding hydrogens is 288 g/mol. The summed E-state index contributed by atoms with van der Waals surface area (Å²) in [6.45, 7) is 3.89. The Hall–Kier alpha value is -2.07. The maximum Gasteiger partial charge on any atom is 0.227 e. The summed E-state index contributed by atoms with van der Waals surface area (Å²) in [6, 6.07) is 12.4. The van der Waals surface area contributed by atoms with E-state index in [1.165, 1.54) is 0 Å². The van der Waals surface area contributed by atoms with Gasteiger partial charge in [0.1, 0.15) is 5.75 Å². The van der Waals surface area contributed by atoms with Crippen LogP contribution in [-0.2, 0) is 4.79 Å². The van der Waals surface area contributed by atoms with Crippen molar-refractivity contribution >= 4 is 16.7 Å². The number of benzene rings is 2. The zero-order chi connectivity index (χ0) is 16.2. The molecule has 2 aromatic carbocycles. The van der Waals surface area contributed by atoms with Gasteiger partial charge in [0, 0.05) is 12.6 Å². The van der Waals surface area contributed by atoms with Gasteiger partial charge in [-0.1, -0.05) is 24.3 Å². The minimum atomic E-state index is -0.150. The Balaban J connectivity index is 1.74. The van der Waals surface area contributed by atoms with Crippen LogP contribution < -0.4 is 15.4 Å². The van der Waals surface area contributed by atoms with E-state index in [1.54, 1.807) is 7.11 Å². The van der Waals surface area contributed by atoms with Crippen LogP contribution >= 0.6 is 0 Å². The average Bonchev–Trinajstić information content (AvgIpc) is 2.61. The maximum absolute atomic E-state index is 12.5. The number of hydrogen-bond acceptors (Lipinski definition) is 3. The molecule has 0 saturated carbocycles. The summed E-state index contributed by atoms with van der Waals surface area (Å²) in [7, 11) is 1.67. The lowest BCUT2D eigenvalue weighted by molar-refractivity contribution is -0.123. The minimum absolute atomic E-state index is 0.103. The smallest absolute Gasteiger partial charge is 0.227 e. The molecule has 3 rings (SSSR count). The van der Waals surface area contributed by atoms with E-state index >= 15 is 0 Å². The van der Waals surface area contributed by atoms with Crippen LogP contribution in [-0.4, -0.2) is 32.1 Å². The average molecular weight is 312 g/mol. The molecule has 1 aliphatic rings. The molecule has 0 radical (unpaired) electrons. The Morgan fingerprint density at radius 1 is 1.26 bits per heavy atom. The van der Waals surface area contributed by atoms with Crippen LogP contribution in [0.25, 0.3) is 10.8 Å². The normalized spacial score (nSPS) is 19.3. The van der Waals surface area contributed by atoms with Gasteiger partial charge in [-0.05, 0) is 54.8 Å². The van der Waals surface area contributed by atoms with E-state index in [-0.39, 0.29) is 17.9 Å². The predicted octanol–water partition coefficient (Wildman–Crippen LogP) is 2.82. The third kappa shape index (κ3) is 3.64. The molecule has 0 spiro atoms. The van der Waals surface area contributed by atoms with Crippen LogP contribution in [0.3, 0.4) is 0 Å². The van der Waals surface area contributed by atoms with Crippen LogP contribution in [0.15, 0.2) is 36.4 Å². The minimum Gasteiger partial charge on any atom is -0.497 e. The van der Waals surface area contributed by atoms with Crippen LogP contribution in [0.5, 0.6) is 5.75 Å². The highest BCUT2D eigenvalue weighted by Crippen LogP contribution is 2.25. The monoisotopic (exact) mass is 312 g/mol. The Morgan fingerprint density at radius 2 is 2.04 bits per heavy atom. The number of fused-ring (bicyclic) bond motifs is 1. The fourth-order valence-corrected chi connectivity index (χ4v) is 3.09. The highest BCUT2D eigenvalue weighted by Gasteiger charge is 2.20. The molecule has 4 nitrogen and oxygen atoms in total. The number of rotatable bonds is 4. The Labute approximate surface area is 137 Å². The molecule has 1 aliphatic heterocycles. The van der Waals surface area contributed by atoms with Crippen molar-refractivity contribution in [2.45, 2.75) is 31.7 Å². The Kier molecular flexibility index (Phi) is 4.82. The second kappa shape index (κ2) is 7.01. The first-order valence-electron chi connectivity index (χ1n) is 8.26.